The van der Waals surface area contributed by atoms with Gasteiger partial charge in [-0.05, 0) is 41.8 Å². The minimum Gasteiger partial charge on any atom is -0.345 e. The lowest BCUT2D eigenvalue weighted by atomic mass is 10.1. The number of carbonyl (C=O) groups excluding carboxylic acids is 1. The van der Waals surface area contributed by atoms with Crippen molar-refractivity contribution in [2.75, 3.05) is 0 Å². The molecule has 2 N–H and O–H groups in total. The summed E-state index contributed by atoms with van der Waals surface area (Å²) in [5, 5.41) is 3.37. The molecule has 0 saturated heterocycles. The molecule has 0 radical (unpaired) electrons. The molecular formula is C16H12FN3O2. The molecule has 3 aromatic rings. The summed E-state index contributed by atoms with van der Waals surface area (Å²) in [6.45, 7) is 0.239. The van der Waals surface area contributed by atoms with Crippen molar-refractivity contribution < 1.29 is 9.18 Å². The minimum absolute atomic E-state index is 0.0824. The quantitative estimate of drug-likeness (QED) is 0.776. The molecule has 5 nitrogen and oxygen atoms in total. The molecule has 1 aromatic carbocycles. The third-order valence-corrected chi connectivity index (χ3v) is 3.21. The Kier molecular flexibility index (Phi) is 3.65. The Morgan fingerprint density at radius 1 is 1.23 bits per heavy atom. The van der Waals surface area contributed by atoms with E-state index in [9.17, 15) is 14.0 Å². The van der Waals surface area contributed by atoms with Crippen LogP contribution in [-0.2, 0) is 6.54 Å². The maximum atomic E-state index is 13.2. The molecule has 110 valence electrons. The zero-order chi connectivity index (χ0) is 15.5. The Morgan fingerprint density at radius 3 is 2.86 bits per heavy atom. The number of benzene rings is 1. The van der Waals surface area contributed by atoms with Crippen molar-refractivity contribution in [1.29, 1.82) is 0 Å². The van der Waals surface area contributed by atoms with Crippen LogP contribution in [0.25, 0.3) is 10.8 Å². The standard InChI is InChI=1S/C16H12FN3O2/c17-11-4-5-13-10(7-11)8-14(20-15(13)21)16(22)19-9-12-3-1-2-6-18-12/h1-8H,9H2,(H,19,22)(H,20,21). The smallest absolute Gasteiger partial charge is 0.268 e. The summed E-state index contributed by atoms with van der Waals surface area (Å²) >= 11 is 0. The number of nitrogens with one attached hydrogen (secondary N) is 2. The Bertz CT molecular complexity index is 891. The number of halogens is 1. The Labute approximate surface area is 124 Å². The summed E-state index contributed by atoms with van der Waals surface area (Å²) < 4.78 is 13.2. The van der Waals surface area contributed by atoms with Gasteiger partial charge in [-0.2, -0.15) is 0 Å². The number of hydrogen-bond donors (Lipinski definition) is 2. The lowest BCUT2D eigenvalue weighted by Gasteiger charge is -2.06. The van der Waals surface area contributed by atoms with Crippen LogP contribution < -0.4 is 10.9 Å². The highest BCUT2D eigenvalue weighted by molar-refractivity contribution is 5.96. The Morgan fingerprint density at radius 2 is 2.09 bits per heavy atom. The number of aromatic nitrogens is 2. The molecule has 2 aromatic heterocycles. The number of pyridine rings is 2. The van der Waals surface area contributed by atoms with Gasteiger partial charge in [-0.1, -0.05) is 6.07 Å². The van der Waals surface area contributed by atoms with Crippen LogP contribution in [0.4, 0.5) is 4.39 Å². The number of nitrogens with zero attached hydrogens (tertiary/aromatic N) is 1. The predicted octanol–water partition coefficient (Wildman–Crippen LogP) is 1.99. The van der Waals surface area contributed by atoms with E-state index in [-0.39, 0.29) is 12.2 Å². The molecule has 0 saturated carbocycles. The third kappa shape index (κ3) is 2.85. The number of hydrogen-bond acceptors (Lipinski definition) is 3. The van der Waals surface area contributed by atoms with Crippen molar-refractivity contribution in [2.24, 2.45) is 0 Å². The first-order chi connectivity index (χ1) is 10.6. The molecule has 0 spiro atoms. The van der Waals surface area contributed by atoms with Gasteiger partial charge in [0.2, 0.25) is 0 Å². The summed E-state index contributed by atoms with van der Waals surface area (Å²) in [5.41, 5.74) is 0.351. The zero-order valence-corrected chi connectivity index (χ0v) is 11.5. The van der Waals surface area contributed by atoms with Gasteiger partial charge in [0.1, 0.15) is 11.5 Å². The molecule has 1 amide bonds. The SMILES string of the molecule is O=C(NCc1ccccn1)c1cc2cc(F)ccc2c(=O)[nH]1. The summed E-state index contributed by atoms with van der Waals surface area (Å²) in [6.07, 6.45) is 1.63. The van der Waals surface area contributed by atoms with Gasteiger partial charge in [0.15, 0.2) is 0 Å². The lowest BCUT2D eigenvalue weighted by Crippen LogP contribution is -2.26. The number of aromatic amines is 1. The average molecular weight is 297 g/mol. The molecule has 2 heterocycles. The van der Waals surface area contributed by atoms with Gasteiger partial charge in [-0.3, -0.25) is 14.6 Å². The lowest BCUT2D eigenvalue weighted by molar-refractivity contribution is 0.0945. The third-order valence-electron chi connectivity index (χ3n) is 3.21. The fourth-order valence-corrected chi connectivity index (χ4v) is 2.13. The van der Waals surface area contributed by atoms with Gasteiger partial charge in [-0.25, -0.2) is 4.39 Å². The predicted molar refractivity (Wildman–Crippen MR) is 79.9 cm³/mol. The highest BCUT2D eigenvalue weighted by Crippen LogP contribution is 2.12. The van der Waals surface area contributed by atoms with Gasteiger partial charge in [0.25, 0.3) is 11.5 Å². The molecule has 0 bridgehead atoms. The minimum atomic E-state index is -0.460. The highest BCUT2D eigenvalue weighted by atomic mass is 19.1. The average Bonchev–Trinajstić information content (AvgIpc) is 2.53. The van der Waals surface area contributed by atoms with E-state index in [4.69, 9.17) is 0 Å². The molecule has 22 heavy (non-hydrogen) atoms. The number of rotatable bonds is 3. The molecule has 3 rings (SSSR count). The molecule has 0 unspecified atom stereocenters. The van der Waals surface area contributed by atoms with E-state index in [1.54, 1.807) is 18.3 Å². The van der Waals surface area contributed by atoms with Crippen LogP contribution in [0.3, 0.4) is 0 Å². The van der Waals surface area contributed by atoms with Gasteiger partial charge < -0.3 is 10.3 Å². The molecule has 0 aliphatic carbocycles. The van der Waals surface area contributed by atoms with Gasteiger partial charge in [0, 0.05) is 11.6 Å². The summed E-state index contributed by atoms with van der Waals surface area (Å²) in [7, 11) is 0. The van der Waals surface area contributed by atoms with E-state index in [0.29, 0.717) is 16.5 Å². The molecule has 6 heteroatoms. The molecule has 0 aliphatic rings. The second-order valence-electron chi connectivity index (χ2n) is 4.75. The van der Waals surface area contributed by atoms with Crippen LogP contribution in [0.15, 0.2) is 53.5 Å². The maximum absolute atomic E-state index is 13.2. The second kappa shape index (κ2) is 5.77. The highest BCUT2D eigenvalue weighted by Gasteiger charge is 2.10. The van der Waals surface area contributed by atoms with Crippen LogP contribution in [0, 0.1) is 5.82 Å². The molecule has 0 aliphatic heterocycles. The van der Waals surface area contributed by atoms with Gasteiger partial charge in [-0.15, -0.1) is 0 Å². The van der Waals surface area contributed by atoms with Crippen molar-refractivity contribution in [1.82, 2.24) is 15.3 Å². The second-order valence-corrected chi connectivity index (χ2v) is 4.75. The molecular weight excluding hydrogens is 285 g/mol. The molecule has 0 atom stereocenters. The number of fused-ring (bicyclic) bond motifs is 1. The van der Waals surface area contributed by atoms with Crippen LogP contribution in [0.5, 0.6) is 0 Å². The fourth-order valence-electron chi connectivity index (χ4n) is 2.13. The Balaban J connectivity index is 1.86. The largest absolute Gasteiger partial charge is 0.345 e. The molecule has 0 fully saturated rings. The number of H-pyrrole nitrogens is 1. The first-order valence-corrected chi connectivity index (χ1v) is 6.64. The van der Waals surface area contributed by atoms with Crippen molar-refractivity contribution >= 4 is 16.7 Å². The van der Waals surface area contributed by atoms with E-state index in [1.165, 1.54) is 24.3 Å². The summed E-state index contributed by atoms with van der Waals surface area (Å²) in [5.74, 6) is -0.910. The summed E-state index contributed by atoms with van der Waals surface area (Å²) in [6, 6.07) is 10.6. The summed E-state index contributed by atoms with van der Waals surface area (Å²) in [4.78, 5) is 30.6. The van der Waals surface area contributed by atoms with E-state index in [0.717, 1.165) is 0 Å². The first-order valence-electron chi connectivity index (χ1n) is 6.64. The van der Waals surface area contributed by atoms with Gasteiger partial charge in [0.05, 0.1) is 12.2 Å². The normalized spacial score (nSPS) is 10.6. The topological polar surface area (TPSA) is 74.8 Å². The van der Waals surface area contributed by atoms with Crippen LogP contribution in [0.1, 0.15) is 16.2 Å². The van der Waals surface area contributed by atoms with Gasteiger partial charge >= 0.3 is 0 Å². The van der Waals surface area contributed by atoms with E-state index < -0.39 is 17.3 Å². The van der Waals surface area contributed by atoms with Crippen molar-refractivity contribution in [3.8, 4) is 0 Å². The maximum Gasteiger partial charge on any atom is 0.268 e. The van der Waals surface area contributed by atoms with Crippen LogP contribution in [-0.4, -0.2) is 15.9 Å². The zero-order valence-electron chi connectivity index (χ0n) is 11.5. The van der Waals surface area contributed by atoms with Crippen molar-refractivity contribution in [3.63, 3.8) is 0 Å². The fraction of sp³-hybridized carbons (Fsp3) is 0.0625. The van der Waals surface area contributed by atoms with Crippen LogP contribution in [0.2, 0.25) is 0 Å². The first kappa shape index (κ1) is 13.9. The number of amides is 1. The Hall–Kier alpha value is -3.02. The van der Waals surface area contributed by atoms with E-state index in [2.05, 4.69) is 15.3 Å². The van der Waals surface area contributed by atoms with Crippen molar-refractivity contribution in [3.05, 3.63) is 76.2 Å². The van der Waals surface area contributed by atoms with E-state index >= 15 is 0 Å². The van der Waals surface area contributed by atoms with Crippen LogP contribution >= 0.6 is 0 Å². The van der Waals surface area contributed by atoms with Crippen molar-refractivity contribution in [2.45, 2.75) is 6.54 Å². The number of carbonyl (C=O) groups is 1. The monoisotopic (exact) mass is 297 g/mol. The van der Waals surface area contributed by atoms with E-state index in [1.807, 2.05) is 6.07 Å².